The molecule has 3 rings (SSSR count). The van der Waals surface area contributed by atoms with Crippen LogP contribution in [0.5, 0.6) is 0 Å². The highest BCUT2D eigenvalue weighted by Crippen LogP contribution is 2.26. The molecule has 2 aromatic carbocycles. The standard InChI is InChI=1S/C17H18BrClN2/c18-14-5-8-16(19)17(11-14)20-12-13-3-6-15(7-4-13)21-9-1-2-10-21/h3-8,11,20H,1-2,9-10,12H2. The highest BCUT2D eigenvalue weighted by Gasteiger charge is 2.11. The second-order valence-corrected chi connectivity index (χ2v) is 6.66. The van der Waals surface area contributed by atoms with E-state index in [1.54, 1.807) is 0 Å². The van der Waals surface area contributed by atoms with Crippen LogP contribution in [-0.4, -0.2) is 13.1 Å². The van der Waals surface area contributed by atoms with Gasteiger partial charge in [0, 0.05) is 29.8 Å². The largest absolute Gasteiger partial charge is 0.380 e. The van der Waals surface area contributed by atoms with E-state index in [4.69, 9.17) is 11.6 Å². The van der Waals surface area contributed by atoms with Crippen molar-refractivity contribution in [3.8, 4) is 0 Å². The summed E-state index contributed by atoms with van der Waals surface area (Å²) in [4.78, 5) is 2.45. The fourth-order valence-electron chi connectivity index (χ4n) is 2.63. The summed E-state index contributed by atoms with van der Waals surface area (Å²) in [5.74, 6) is 0. The van der Waals surface area contributed by atoms with Gasteiger partial charge in [-0.2, -0.15) is 0 Å². The number of halogens is 2. The third-order valence-corrected chi connectivity index (χ3v) is 4.64. The van der Waals surface area contributed by atoms with Gasteiger partial charge in [0.05, 0.1) is 10.7 Å². The summed E-state index contributed by atoms with van der Waals surface area (Å²) in [5, 5.41) is 4.13. The quantitative estimate of drug-likeness (QED) is 0.789. The van der Waals surface area contributed by atoms with E-state index >= 15 is 0 Å². The fraction of sp³-hybridized carbons (Fsp3) is 0.294. The minimum Gasteiger partial charge on any atom is -0.380 e. The first-order chi connectivity index (χ1) is 10.2. The summed E-state index contributed by atoms with van der Waals surface area (Å²) >= 11 is 9.65. The molecule has 0 amide bonds. The van der Waals surface area contributed by atoms with Crippen molar-refractivity contribution in [2.45, 2.75) is 19.4 Å². The zero-order valence-corrected chi connectivity index (χ0v) is 14.1. The van der Waals surface area contributed by atoms with Crippen LogP contribution in [0.2, 0.25) is 5.02 Å². The maximum Gasteiger partial charge on any atom is 0.0638 e. The van der Waals surface area contributed by atoms with E-state index in [2.05, 4.69) is 50.4 Å². The van der Waals surface area contributed by atoms with Crippen LogP contribution in [0.1, 0.15) is 18.4 Å². The van der Waals surface area contributed by atoms with Crippen molar-refractivity contribution in [1.82, 2.24) is 0 Å². The van der Waals surface area contributed by atoms with Gasteiger partial charge < -0.3 is 10.2 Å². The molecule has 0 saturated carbocycles. The Bertz CT molecular complexity index is 607. The van der Waals surface area contributed by atoms with Crippen molar-refractivity contribution in [1.29, 1.82) is 0 Å². The van der Waals surface area contributed by atoms with E-state index in [9.17, 15) is 0 Å². The monoisotopic (exact) mass is 364 g/mol. The number of hydrogen-bond donors (Lipinski definition) is 1. The van der Waals surface area contributed by atoms with Crippen LogP contribution < -0.4 is 10.2 Å². The van der Waals surface area contributed by atoms with Gasteiger partial charge in [-0.25, -0.2) is 0 Å². The van der Waals surface area contributed by atoms with Gasteiger partial charge in [-0.1, -0.05) is 39.7 Å². The molecule has 1 N–H and O–H groups in total. The number of rotatable bonds is 4. The smallest absolute Gasteiger partial charge is 0.0638 e. The van der Waals surface area contributed by atoms with E-state index in [0.29, 0.717) is 0 Å². The highest BCUT2D eigenvalue weighted by molar-refractivity contribution is 9.10. The maximum atomic E-state index is 6.18. The van der Waals surface area contributed by atoms with Gasteiger partial charge in [-0.3, -0.25) is 0 Å². The Morgan fingerprint density at radius 2 is 1.76 bits per heavy atom. The molecule has 4 heteroatoms. The van der Waals surface area contributed by atoms with E-state index in [-0.39, 0.29) is 0 Å². The van der Waals surface area contributed by atoms with Crippen molar-refractivity contribution < 1.29 is 0 Å². The Morgan fingerprint density at radius 1 is 1.05 bits per heavy atom. The minimum atomic E-state index is 0.742. The molecule has 21 heavy (non-hydrogen) atoms. The fourth-order valence-corrected chi connectivity index (χ4v) is 3.18. The summed E-state index contributed by atoms with van der Waals surface area (Å²) in [6.45, 7) is 3.15. The highest BCUT2D eigenvalue weighted by atomic mass is 79.9. The van der Waals surface area contributed by atoms with Crippen LogP contribution in [0.25, 0.3) is 0 Å². The molecule has 0 aromatic heterocycles. The number of nitrogens with zero attached hydrogens (tertiary/aromatic N) is 1. The molecule has 1 heterocycles. The van der Waals surface area contributed by atoms with Crippen molar-refractivity contribution in [2.24, 2.45) is 0 Å². The Kier molecular flexibility index (Phi) is 4.71. The zero-order chi connectivity index (χ0) is 14.7. The lowest BCUT2D eigenvalue weighted by Gasteiger charge is -2.18. The Hall–Kier alpha value is -1.19. The lowest BCUT2D eigenvalue weighted by molar-refractivity contribution is 0.949. The third kappa shape index (κ3) is 3.72. The number of hydrogen-bond acceptors (Lipinski definition) is 2. The molecular weight excluding hydrogens is 348 g/mol. The van der Waals surface area contributed by atoms with Crippen LogP contribution >= 0.6 is 27.5 Å². The SMILES string of the molecule is Clc1ccc(Br)cc1NCc1ccc(N2CCCC2)cc1. The Labute approximate surface area is 139 Å². The molecule has 0 aliphatic carbocycles. The lowest BCUT2D eigenvalue weighted by atomic mass is 10.2. The molecule has 0 bridgehead atoms. The first-order valence-corrected chi connectivity index (χ1v) is 8.42. The lowest BCUT2D eigenvalue weighted by Crippen LogP contribution is -2.17. The van der Waals surface area contributed by atoms with Crippen molar-refractivity contribution in [3.05, 3.63) is 57.5 Å². The van der Waals surface area contributed by atoms with E-state index < -0.39 is 0 Å². The summed E-state index contributed by atoms with van der Waals surface area (Å²) in [7, 11) is 0. The zero-order valence-electron chi connectivity index (χ0n) is 11.8. The Balaban J connectivity index is 1.64. The van der Waals surface area contributed by atoms with Gasteiger partial charge in [0.15, 0.2) is 0 Å². The van der Waals surface area contributed by atoms with Crippen LogP contribution in [0, 0.1) is 0 Å². The number of anilines is 2. The van der Waals surface area contributed by atoms with Gasteiger partial charge in [-0.15, -0.1) is 0 Å². The number of benzene rings is 2. The van der Waals surface area contributed by atoms with Crippen molar-refractivity contribution in [3.63, 3.8) is 0 Å². The summed E-state index contributed by atoms with van der Waals surface area (Å²) in [6.07, 6.45) is 2.62. The molecule has 0 unspecified atom stereocenters. The molecule has 1 aliphatic heterocycles. The van der Waals surface area contributed by atoms with Crippen LogP contribution in [0.15, 0.2) is 46.9 Å². The van der Waals surface area contributed by atoms with E-state index in [1.807, 2.05) is 18.2 Å². The molecule has 1 saturated heterocycles. The van der Waals surface area contributed by atoms with E-state index in [0.717, 1.165) is 21.7 Å². The molecule has 2 aromatic rings. The summed E-state index contributed by atoms with van der Waals surface area (Å²) in [6, 6.07) is 14.6. The average molecular weight is 366 g/mol. The Morgan fingerprint density at radius 3 is 2.48 bits per heavy atom. The normalized spacial score (nSPS) is 14.5. The van der Waals surface area contributed by atoms with E-state index in [1.165, 1.54) is 37.2 Å². The molecule has 2 nitrogen and oxygen atoms in total. The summed E-state index contributed by atoms with van der Waals surface area (Å²) in [5.41, 5.74) is 3.54. The third-order valence-electron chi connectivity index (χ3n) is 3.82. The second-order valence-electron chi connectivity index (χ2n) is 5.34. The van der Waals surface area contributed by atoms with Crippen LogP contribution in [0.3, 0.4) is 0 Å². The second kappa shape index (κ2) is 6.71. The van der Waals surface area contributed by atoms with Gasteiger partial charge in [0.25, 0.3) is 0 Å². The van der Waals surface area contributed by atoms with Crippen molar-refractivity contribution in [2.75, 3.05) is 23.3 Å². The predicted molar refractivity (Wildman–Crippen MR) is 94.4 cm³/mol. The molecule has 1 fully saturated rings. The average Bonchev–Trinajstić information content (AvgIpc) is 3.03. The van der Waals surface area contributed by atoms with Crippen LogP contribution in [-0.2, 0) is 6.54 Å². The number of nitrogens with one attached hydrogen (secondary N) is 1. The minimum absolute atomic E-state index is 0.742. The molecule has 0 atom stereocenters. The van der Waals surface area contributed by atoms with Gasteiger partial charge in [0.1, 0.15) is 0 Å². The molecule has 0 radical (unpaired) electrons. The van der Waals surface area contributed by atoms with Crippen LogP contribution in [0.4, 0.5) is 11.4 Å². The predicted octanol–water partition coefficient (Wildman–Crippen LogP) is 5.31. The van der Waals surface area contributed by atoms with Crippen molar-refractivity contribution >= 4 is 38.9 Å². The maximum absolute atomic E-state index is 6.18. The summed E-state index contributed by atoms with van der Waals surface area (Å²) < 4.78 is 1.03. The van der Waals surface area contributed by atoms with Gasteiger partial charge in [-0.05, 0) is 48.7 Å². The van der Waals surface area contributed by atoms with Gasteiger partial charge >= 0.3 is 0 Å². The van der Waals surface area contributed by atoms with Gasteiger partial charge in [0.2, 0.25) is 0 Å². The first kappa shape index (κ1) is 14.7. The first-order valence-electron chi connectivity index (χ1n) is 7.25. The molecule has 110 valence electrons. The molecule has 1 aliphatic rings. The molecular formula is C17H18BrClN2. The topological polar surface area (TPSA) is 15.3 Å². The molecule has 0 spiro atoms.